The highest BCUT2D eigenvalue weighted by atomic mass is 16.6. The largest absolute Gasteiger partial charge is 0.464 e. The predicted octanol–water partition coefficient (Wildman–Crippen LogP) is 6.76. The Morgan fingerprint density at radius 1 is 0.467 bits per heavy atom. The molecule has 0 unspecified atom stereocenters. The maximum absolute atomic E-state index is 11.6. The Morgan fingerprint density at radius 2 is 0.767 bits per heavy atom. The Kier molecular flexibility index (Phi) is 23.3. The molecule has 5 nitrogen and oxygen atoms in total. The average molecular weight is 429 g/mol. The second-order valence-corrected chi connectivity index (χ2v) is 8.24. The maximum Gasteiger partial charge on any atom is 0.332 e. The summed E-state index contributed by atoms with van der Waals surface area (Å²) in [7, 11) is 0. The van der Waals surface area contributed by atoms with E-state index in [1.807, 2.05) is 0 Å². The molecule has 0 spiro atoms. The zero-order valence-corrected chi connectivity index (χ0v) is 19.9. The van der Waals surface area contributed by atoms with Crippen LogP contribution < -0.4 is 0 Å². The molecule has 0 heterocycles. The summed E-state index contributed by atoms with van der Waals surface area (Å²) in [6.07, 6.45) is 20.9. The van der Waals surface area contributed by atoms with Crippen LogP contribution in [0.5, 0.6) is 0 Å². The fraction of sp³-hybridized carbons (Fsp3) is 0.920. The second kappa shape index (κ2) is 24.2. The van der Waals surface area contributed by atoms with E-state index in [4.69, 9.17) is 14.2 Å². The summed E-state index contributed by atoms with van der Waals surface area (Å²) in [4.78, 5) is 23.1. The molecule has 0 aromatic heterocycles. The van der Waals surface area contributed by atoms with Gasteiger partial charge in [0.15, 0.2) is 0 Å². The molecule has 0 rings (SSSR count). The summed E-state index contributed by atoms with van der Waals surface area (Å²) >= 11 is 0. The van der Waals surface area contributed by atoms with E-state index in [2.05, 4.69) is 13.8 Å². The van der Waals surface area contributed by atoms with Gasteiger partial charge in [-0.25, -0.2) is 9.59 Å². The number of hydrogen-bond acceptors (Lipinski definition) is 5. The van der Waals surface area contributed by atoms with E-state index in [1.165, 1.54) is 83.5 Å². The van der Waals surface area contributed by atoms with E-state index in [-0.39, 0.29) is 13.2 Å². The van der Waals surface area contributed by atoms with E-state index in [1.54, 1.807) is 0 Å². The molecule has 0 aliphatic carbocycles. The third kappa shape index (κ3) is 23.2. The smallest absolute Gasteiger partial charge is 0.332 e. The molecule has 0 aliphatic rings. The predicted molar refractivity (Wildman–Crippen MR) is 123 cm³/mol. The first kappa shape index (κ1) is 28.9. The summed E-state index contributed by atoms with van der Waals surface area (Å²) in [5.41, 5.74) is 0. The minimum Gasteiger partial charge on any atom is -0.464 e. The van der Waals surface area contributed by atoms with Crippen LogP contribution in [0.3, 0.4) is 0 Å². The zero-order chi connectivity index (χ0) is 22.1. The molecule has 0 aromatic rings. The summed E-state index contributed by atoms with van der Waals surface area (Å²) < 4.78 is 15.3. The standard InChI is InChI=1S/C25H48O5/c1-3-5-7-9-10-11-12-13-14-15-17-19-21-30-25(27)23-28-22-24(26)29-20-18-16-8-6-4-2/h3-23H2,1-2H3. The Hall–Kier alpha value is -1.10. The molecule has 0 bridgehead atoms. The number of unbranched alkanes of at least 4 members (excludes halogenated alkanes) is 15. The van der Waals surface area contributed by atoms with Gasteiger partial charge in [-0.2, -0.15) is 0 Å². The number of carbonyl (C=O) groups excluding carboxylic acids is 2. The monoisotopic (exact) mass is 428 g/mol. The second-order valence-electron chi connectivity index (χ2n) is 8.24. The highest BCUT2D eigenvalue weighted by Gasteiger charge is 2.07. The minimum absolute atomic E-state index is 0.191. The summed E-state index contributed by atoms with van der Waals surface area (Å²) in [5, 5.41) is 0. The van der Waals surface area contributed by atoms with Crippen molar-refractivity contribution < 1.29 is 23.8 Å². The van der Waals surface area contributed by atoms with Gasteiger partial charge in [0.2, 0.25) is 0 Å². The number of hydrogen-bond donors (Lipinski definition) is 0. The Bertz CT molecular complexity index is 384. The molecule has 0 atom stereocenters. The number of carbonyl (C=O) groups is 2. The topological polar surface area (TPSA) is 61.8 Å². The fourth-order valence-corrected chi connectivity index (χ4v) is 3.32. The van der Waals surface area contributed by atoms with E-state index in [0.717, 1.165) is 25.7 Å². The minimum atomic E-state index is -0.417. The summed E-state index contributed by atoms with van der Waals surface area (Å²) in [6, 6.07) is 0. The van der Waals surface area contributed by atoms with Gasteiger partial charge in [-0.3, -0.25) is 0 Å². The lowest BCUT2D eigenvalue weighted by atomic mass is 10.1. The lowest BCUT2D eigenvalue weighted by Crippen LogP contribution is -2.19. The quantitative estimate of drug-likeness (QED) is 0.133. The zero-order valence-electron chi connectivity index (χ0n) is 19.9. The van der Waals surface area contributed by atoms with Crippen molar-refractivity contribution in [3.8, 4) is 0 Å². The molecule has 0 N–H and O–H groups in total. The molecule has 0 aromatic carbocycles. The highest BCUT2D eigenvalue weighted by Crippen LogP contribution is 2.12. The van der Waals surface area contributed by atoms with Crippen LogP contribution in [0, 0.1) is 0 Å². The summed E-state index contributed by atoms with van der Waals surface area (Å²) in [5.74, 6) is -0.829. The Morgan fingerprint density at radius 3 is 1.10 bits per heavy atom. The molecule has 0 fully saturated rings. The third-order valence-corrected chi connectivity index (χ3v) is 5.21. The average Bonchev–Trinajstić information content (AvgIpc) is 2.74. The van der Waals surface area contributed by atoms with Gasteiger partial charge in [0.05, 0.1) is 13.2 Å². The van der Waals surface area contributed by atoms with Crippen molar-refractivity contribution in [3.63, 3.8) is 0 Å². The SMILES string of the molecule is CCCCCCCCCCCCCCOC(=O)COCC(=O)OCCCCCCC. The van der Waals surface area contributed by atoms with Crippen molar-refractivity contribution in [2.75, 3.05) is 26.4 Å². The van der Waals surface area contributed by atoms with Gasteiger partial charge in [-0.05, 0) is 12.8 Å². The molecular formula is C25H48O5. The Balaban J connectivity index is 3.27. The molecule has 178 valence electrons. The van der Waals surface area contributed by atoms with Crippen molar-refractivity contribution in [2.45, 2.75) is 123 Å². The van der Waals surface area contributed by atoms with Gasteiger partial charge in [0.1, 0.15) is 13.2 Å². The fourth-order valence-electron chi connectivity index (χ4n) is 3.32. The number of ether oxygens (including phenoxy) is 3. The van der Waals surface area contributed by atoms with Gasteiger partial charge in [-0.15, -0.1) is 0 Å². The molecule has 0 amide bonds. The van der Waals surface area contributed by atoms with Crippen LogP contribution in [0.4, 0.5) is 0 Å². The van der Waals surface area contributed by atoms with E-state index < -0.39 is 11.9 Å². The molecule has 0 aliphatic heterocycles. The van der Waals surface area contributed by atoms with Gasteiger partial charge in [0, 0.05) is 0 Å². The first-order valence-electron chi connectivity index (χ1n) is 12.6. The van der Waals surface area contributed by atoms with E-state index in [0.29, 0.717) is 13.2 Å². The first-order valence-corrected chi connectivity index (χ1v) is 12.6. The summed E-state index contributed by atoms with van der Waals surface area (Å²) in [6.45, 7) is 4.90. The number of rotatable bonds is 23. The van der Waals surface area contributed by atoms with Crippen LogP contribution in [0.15, 0.2) is 0 Å². The van der Waals surface area contributed by atoms with Gasteiger partial charge in [-0.1, -0.05) is 110 Å². The van der Waals surface area contributed by atoms with Gasteiger partial charge < -0.3 is 14.2 Å². The van der Waals surface area contributed by atoms with Crippen LogP contribution in [0.1, 0.15) is 123 Å². The van der Waals surface area contributed by atoms with Crippen molar-refractivity contribution >= 4 is 11.9 Å². The van der Waals surface area contributed by atoms with Crippen LogP contribution in [-0.2, 0) is 23.8 Å². The van der Waals surface area contributed by atoms with Crippen molar-refractivity contribution in [1.82, 2.24) is 0 Å². The van der Waals surface area contributed by atoms with Crippen molar-refractivity contribution in [3.05, 3.63) is 0 Å². The molecule has 0 saturated carbocycles. The van der Waals surface area contributed by atoms with Crippen molar-refractivity contribution in [2.24, 2.45) is 0 Å². The normalized spacial score (nSPS) is 10.9. The van der Waals surface area contributed by atoms with Gasteiger partial charge >= 0.3 is 11.9 Å². The molecule has 30 heavy (non-hydrogen) atoms. The number of esters is 2. The maximum atomic E-state index is 11.6. The van der Waals surface area contributed by atoms with Gasteiger partial charge in [0.25, 0.3) is 0 Å². The lowest BCUT2D eigenvalue weighted by molar-refractivity contribution is -0.155. The van der Waals surface area contributed by atoms with Crippen LogP contribution >= 0.6 is 0 Å². The first-order chi connectivity index (χ1) is 14.7. The van der Waals surface area contributed by atoms with Crippen LogP contribution in [0.25, 0.3) is 0 Å². The lowest BCUT2D eigenvalue weighted by Gasteiger charge is -2.07. The molecule has 0 saturated heterocycles. The molecular weight excluding hydrogens is 380 g/mol. The Labute approximate surface area is 185 Å². The third-order valence-electron chi connectivity index (χ3n) is 5.21. The highest BCUT2D eigenvalue weighted by molar-refractivity contribution is 5.73. The molecule has 5 heteroatoms. The molecule has 0 radical (unpaired) electrons. The van der Waals surface area contributed by atoms with Crippen molar-refractivity contribution in [1.29, 1.82) is 0 Å². The van der Waals surface area contributed by atoms with E-state index >= 15 is 0 Å². The van der Waals surface area contributed by atoms with E-state index in [9.17, 15) is 9.59 Å². The van der Waals surface area contributed by atoms with Crippen LogP contribution in [-0.4, -0.2) is 38.4 Å². The van der Waals surface area contributed by atoms with Crippen LogP contribution in [0.2, 0.25) is 0 Å².